The molecule has 26 heavy (non-hydrogen) atoms. The maximum absolute atomic E-state index is 12.9. The van der Waals surface area contributed by atoms with Gasteiger partial charge < -0.3 is 9.84 Å². The average Bonchev–Trinajstić information content (AvgIpc) is 2.85. The van der Waals surface area contributed by atoms with Crippen LogP contribution in [-0.2, 0) is 19.9 Å². The van der Waals surface area contributed by atoms with Gasteiger partial charge in [0.25, 0.3) is 5.91 Å². The van der Waals surface area contributed by atoms with Gasteiger partial charge in [0.15, 0.2) is 11.4 Å². The van der Waals surface area contributed by atoms with Crippen molar-refractivity contribution in [2.24, 2.45) is 0 Å². The lowest BCUT2D eigenvalue weighted by molar-refractivity contribution is -0.144. The molecule has 0 fully saturated rings. The number of ether oxygens (including phenoxy) is 1. The molecule has 0 saturated carbocycles. The van der Waals surface area contributed by atoms with Gasteiger partial charge in [-0.25, -0.2) is 0 Å². The lowest BCUT2D eigenvalue weighted by Crippen LogP contribution is -2.44. The van der Waals surface area contributed by atoms with E-state index in [-0.39, 0.29) is 18.9 Å². The summed E-state index contributed by atoms with van der Waals surface area (Å²) in [5.74, 6) is -1.63. The molecule has 1 heterocycles. The van der Waals surface area contributed by atoms with Gasteiger partial charge in [0, 0.05) is 11.1 Å². The van der Waals surface area contributed by atoms with Gasteiger partial charge in [-0.3, -0.25) is 19.3 Å². The van der Waals surface area contributed by atoms with Gasteiger partial charge in [0.05, 0.1) is 18.7 Å². The second-order valence-electron chi connectivity index (χ2n) is 6.04. The van der Waals surface area contributed by atoms with Crippen LogP contribution in [0.1, 0.15) is 29.3 Å². The number of nitrogens with zero attached hydrogens (tertiary/aromatic N) is 1. The molecule has 0 saturated heterocycles. The molecule has 134 valence electrons. The lowest BCUT2D eigenvalue weighted by Gasteiger charge is -2.22. The van der Waals surface area contributed by atoms with Gasteiger partial charge in [-0.15, -0.1) is 0 Å². The van der Waals surface area contributed by atoms with Crippen LogP contribution in [0.4, 0.5) is 5.69 Å². The number of hydrogen-bond acceptors (Lipinski definition) is 5. The summed E-state index contributed by atoms with van der Waals surface area (Å²) in [6.45, 7) is 1.55. The zero-order valence-corrected chi connectivity index (χ0v) is 14.3. The van der Waals surface area contributed by atoms with E-state index in [0.717, 1.165) is 0 Å². The number of carbonyl (C=O) groups is 3. The van der Waals surface area contributed by atoms with E-state index in [1.54, 1.807) is 61.5 Å². The standard InChI is InChI=1S/C20H19NO5/c1-2-26-18(23)13-21-16-11-7-6-10-15(16)20(25,19(21)24)12-17(22)14-8-4-3-5-9-14/h3-11,25H,2,12-13H2,1H3/t20-/m0/s1. The van der Waals surface area contributed by atoms with E-state index >= 15 is 0 Å². The number of carbonyl (C=O) groups excluding carboxylic acids is 3. The Morgan fingerprint density at radius 1 is 1.08 bits per heavy atom. The van der Waals surface area contributed by atoms with E-state index in [9.17, 15) is 19.5 Å². The molecule has 0 aromatic heterocycles. The molecule has 1 amide bonds. The van der Waals surface area contributed by atoms with Gasteiger partial charge in [-0.05, 0) is 13.0 Å². The van der Waals surface area contributed by atoms with Crippen molar-refractivity contribution < 1.29 is 24.2 Å². The predicted octanol–water partition coefficient (Wildman–Crippen LogP) is 2.06. The number of ketones is 1. The fourth-order valence-corrected chi connectivity index (χ4v) is 3.13. The molecule has 6 heteroatoms. The monoisotopic (exact) mass is 353 g/mol. The molecule has 0 spiro atoms. The molecule has 3 rings (SSSR count). The Balaban J connectivity index is 1.93. The number of rotatable bonds is 6. The maximum atomic E-state index is 12.9. The normalized spacial score (nSPS) is 18.5. The summed E-state index contributed by atoms with van der Waals surface area (Å²) in [6.07, 6.45) is -0.397. The van der Waals surface area contributed by atoms with Crippen molar-refractivity contribution in [2.75, 3.05) is 18.1 Å². The first-order valence-electron chi connectivity index (χ1n) is 8.35. The number of para-hydroxylation sites is 1. The van der Waals surface area contributed by atoms with Crippen molar-refractivity contribution in [3.05, 3.63) is 65.7 Å². The first kappa shape index (κ1) is 17.8. The maximum Gasteiger partial charge on any atom is 0.326 e. The molecule has 0 unspecified atom stereocenters. The minimum absolute atomic E-state index is 0.194. The highest BCUT2D eigenvalue weighted by atomic mass is 16.5. The molecule has 1 N–H and O–H groups in total. The molecule has 1 atom stereocenters. The third-order valence-corrected chi connectivity index (χ3v) is 4.34. The van der Waals surface area contributed by atoms with Crippen molar-refractivity contribution in [2.45, 2.75) is 18.9 Å². The second-order valence-corrected chi connectivity index (χ2v) is 6.04. The molecule has 2 aromatic carbocycles. The highest BCUT2D eigenvalue weighted by molar-refractivity contribution is 6.12. The van der Waals surface area contributed by atoms with E-state index in [1.807, 2.05) is 0 Å². The number of Topliss-reactive ketones (excluding diaryl/α,β-unsaturated/α-hetero) is 1. The number of amides is 1. The minimum Gasteiger partial charge on any atom is -0.465 e. The summed E-state index contributed by atoms with van der Waals surface area (Å²) >= 11 is 0. The van der Waals surface area contributed by atoms with Crippen LogP contribution >= 0.6 is 0 Å². The van der Waals surface area contributed by atoms with Crippen molar-refractivity contribution in [3.8, 4) is 0 Å². The molecular formula is C20H19NO5. The Hall–Kier alpha value is -2.99. The van der Waals surface area contributed by atoms with Crippen LogP contribution < -0.4 is 4.90 Å². The van der Waals surface area contributed by atoms with Crippen LogP contribution in [0.15, 0.2) is 54.6 Å². The number of anilines is 1. The quantitative estimate of drug-likeness (QED) is 0.635. The molecule has 6 nitrogen and oxygen atoms in total. The van der Waals surface area contributed by atoms with Crippen LogP contribution in [-0.4, -0.2) is 35.9 Å². The summed E-state index contributed by atoms with van der Waals surface area (Å²) in [4.78, 5) is 38.5. The van der Waals surface area contributed by atoms with Gasteiger partial charge in [0.2, 0.25) is 0 Å². The summed E-state index contributed by atoms with van der Waals surface area (Å²) in [6, 6.07) is 15.1. The smallest absolute Gasteiger partial charge is 0.326 e. The van der Waals surface area contributed by atoms with E-state index in [1.165, 1.54) is 4.90 Å². The highest BCUT2D eigenvalue weighted by Gasteiger charge is 2.51. The van der Waals surface area contributed by atoms with Gasteiger partial charge in [-0.2, -0.15) is 0 Å². The molecular weight excluding hydrogens is 334 g/mol. The first-order valence-corrected chi connectivity index (χ1v) is 8.35. The Kier molecular flexibility index (Phi) is 4.86. The van der Waals surface area contributed by atoms with Gasteiger partial charge >= 0.3 is 5.97 Å². The van der Waals surface area contributed by atoms with Crippen LogP contribution in [0.5, 0.6) is 0 Å². The average molecular weight is 353 g/mol. The molecule has 0 radical (unpaired) electrons. The topological polar surface area (TPSA) is 83.9 Å². The summed E-state index contributed by atoms with van der Waals surface area (Å²) in [5.41, 5.74) is -0.863. The predicted molar refractivity (Wildman–Crippen MR) is 94.7 cm³/mol. The van der Waals surface area contributed by atoms with Crippen molar-refractivity contribution in [3.63, 3.8) is 0 Å². The Morgan fingerprint density at radius 2 is 1.73 bits per heavy atom. The van der Waals surface area contributed by atoms with Crippen molar-refractivity contribution in [1.82, 2.24) is 0 Å². The third-order valence-electron chi connectivity index (χ3n) is 4.34. The highest BCUT2D eigenvalue weighted by Crippen LogP contribution is 2.42. The SMILES string of the molecule is CCOC(=O)CN1C(=O)[C@](O)(CC(=O)c2ccccc2)c2ccccc21. The summed E-state index contributed by atoms with van der Waals surface area (Å²) in [5, 5.41) is 11.1. The number of aliphatic hydroxyl groups is 1. The number of esters is 1. The Morgan fingerprint density at radius 3 is 2.42 bits per heavy atom. The number of benzene rings is 2. The van der Waals surface area contributed by atoms with Crippen molar-refractivity contribution in [1.29, 1.82) is 0 Å². The van der Waals surface area contributed by atoms with E-state index in [4.69, 9.17) is 4.74 Å². The molecule has 1 aliphatic heterocycles. The molecule has 0 aliphatic carbocycles. The first-order chi connectivity index (χ1) is 12.5. The summed E-state index contributed by atoms with van der Waals surface area (Å²) < 4.78 is 4.90. The summed E-state index contributed by atoms with van der Waals surface area (Å²) in [7, 11) is 0. The van der Waals surface area contributed by atoms with E-state index in [0.29, 0.717) is 16.8 Å². The van der Waals surface area contributed by atoms with Crippen LogP contribution in [0, 0.1) is 0 Å². The van der Waals surface area contributed by atoms with Crippen molar-refractivity contribution >= 4 is 23.3 Å². The molecule has 1 aliphatic rings. The van der Waals surface area contributed by atoms with Crippen LogP contribution in [0.25, 0.3) is 0 Å². The van der Waals surface area contributed by atoms with E-state index in [2.05, 4.69) is 0 Å². The fourth-order valence-electron chi connectivity index (χ4n) is 3.13. The number of hydrogen-bond donors (Lipinski definition) is 1. The van der Waals surface area contributed by atoms with Crippen LogP contribution in [0.3, 0.4) is 0 Å². The van der Waals surface area contributed by atoms with E-state index < -0.39 is 23.9 Å². The fraction of sp³-hybridized carbons (Fsp3) is 0.250. The molecule has 0 bridgehead atoms. The Labute approximate surface area is 151 Å². The van der Waals surface area contributed by atoms with Gasteiger partial charge in [-0.1, -0.05) is 48.5 Å². The third kappa shape index (κ3) is 3.11. The lowest BCUT2D eigenvalue weighted by atomic mass is 9.88. The van der Waals surface area contributed by atoms with Gasteiger partial charge in [0.1, 0.15) is 6.54 Å². The Bertz CT molecular complexity index is 848. The number of fused-ring (bicyclic) bond motifs is 1. The molecule has 2 aromatic rings. The zero-order chi connectivity index (χ0) is 18.7. The largest absolute Gasteiger partial charge is 0.465 e. The zero-order valence-electron chi connectivity index (χ0n) is 14.3. The van der Waals surface area contributed by atoms with Crippen LogP contribution in [0.2, 0.25) is 0 Å². The minimum atomic E-state index is -2.00. The second kappa shape index (κ2) is 7.09.